The number of nitrogens with zero attached hydrogens (tertiary/aromatic N) is 2. The molecule has 0 saturated heterocycles. The van der Waals surface area contributed by atoms with Gasteiger partial charge in [0.1, 0.15) is 0 Å². The summed E-state index contributed by atoms with van der Waals surface area (Å²) in [5.41, 5.74) is 2.11. The normalized spacial score (nSPS) is 12.5. The van der Waals surface area contributed by atoms with Gasteiger partial charge in [-0.3, -0.25) is 4.90 Å². The molecule has 0 bridgehead atoms. The van der Waals surface area contributed by atoms with Crippen molar-refractivity contribution in [2.75, 3.05) is 10.2 Å². The van der Waals surface area contributed by atoms with E-state index in [0.717, 1.165) is 0 Å². The molecule has 152 valence electrons. The smallest absolute Gasteiger partial charge is 0.326 e. The molecule has 0 fully saturated rings. The van der Waals surface area contributed by atoms with Crippen LogP contribution in [-0.4, -0.2) is 17.2 Å². The lowest BCUT2D eigenvalue weighted by Crippen LogP contribution is -2.44. The van der Waals surface area contributed by atoms with Crippen LogP contribution in [0.3, 0.4) is 0 Å². The molecule has 30 heavy (non-hydrogen) atoms. The van der Waals surface area contributed by atoms with Crippen LogP contribution < -0.4 is 10.2 Å². The molecule has 3 rings (SSSR count). The molecule has 3 aromatic carbocycles. The molecule has 0 aliphatic carbocycles. The van der Waals surface area contributed by atoms with Crippen LogP contribution in [0.15, 0.2) is 72.8 Å². The van der Waals surface area contributed by atoms with E-state index in [1.807, 2.05) is 0 Å². The van der Waals surface area contributed by atoms with Crippen molar-refractivity contribution in [1.82, 2.24) is 0 Å². The van der Waals surface area contributed by atoms with Crippen LogP contribution in [0.5, 0.6) is 0 Å². The molecule has 0 aliphatic rings. The van der Waals surface area contributed by atoms with E-state index in [-0.39, 0.29) is 0 Å². The molecule has 2 unspecified atom stereocenters. The number of hydrogen-bond donors (Lipinski definition) is 2. The van der Waals surface area contributed by atoms with Crippen molar-refractivity contribution >= 4 is 46.3 Å². The SMILES string of the molecule is [C-]#[N+]c1cccc(C(O)C(C)N(C(=O)Nc2ccc(Cl)cc2)c2ccc(Cl)cc2)c1. The van der Waals surface area contributed by atoms with Gasteiger partial charge in [0.25, 0.3) is 0 Å². The average molecular weight is 440 g/mol. The third kappa shape index (κ3) is 5.11. The maximum absolute atomic E-state index is 13.2. The van der Waals surface area contributed by atoms with Gasteiger partial charge < -0.3 is 10.4 Å². The number of carbonyl (C=O) groups excluding carboxylic acids is 1. The lowest BCUT2D eigenvalue weighted by molar-refractivity contribution is 0.150. The molecule has 5 nitrogen and oxygen atoms in total. The average Bonchev–Trinajstić information content (AvgIpc) is 2.76. The summed E-state index contributed by atoms with van der Waals surface area (Å²) >= 11 is 11.9. The zero-order chi connectivity index (χ0) is 21.7. The predicted octanol–water partition coefficient (Wildman–Crippen LogP) is 6.70. The highest BCUT2D eigenvalue weighted by molar-refractivity contribution is 6.31. The Bertz CT molecular complexity index is 1060. The highest BCUT2D eigenvalue weighted by Gasteiger charge is 2.29. The molecule has 2 amide bonds. The fourth-order valence-corrected chi connectivity index (χ4v) is 3.31. The van der Waals surface area contributed by atoms with Crippen molar-refractivity contribution < 1.29 is 9.90 Å². The van der Waals surface area contributed by atoms with Crippen LogP contribution in [0, 0.1) is 6.57 Å². The van der Waals surface area contributed by atoms with Gasteiger partial charge in [-0.25, -0.2) is 9.64 Å². The molecule has 0 heterocycles. The molecule has 2 N–H and O–H groups in total. The highest BCUT2D eigenvalue weighted by Crippen LogP contribution is 2.29. The molecule has 0 aromatic heterocycles. The zero-order valence-corrected chi connectivity index (χ0v) is 17.6. The fourth-order valence-electron chi connectivity index (χ4n) is 3.05. The summed E-state index contributed by atoms with van der Waals surface area (Å²) in [7, 11) is 0. The quantitative estimate of drug-likeness (QED) is 0.434. The van der Waals surface area contributed by atoms with Crippen LogP contribution in [-0.2, 0) is 0 Å². The molecule has 0 spiro atoms. The first-order valence-electron chi connectivity index (χ1n) is 9.16. The Morgan fingerprint density at radius 1 is 1.03 bits per heavy atom. The van der Waals surface area contributed by atoms with E-state index < -0.39 is 18.2 Å². The number of aliphatic hydroxyl groups excluding tert-OH is 1. The maximum Gasteiger partial charge on any atom is 0.326 e. The van der Waals surface area contributed by atoms with Gasteiger partial charge in [-0.1, -0.05) is 47.5 Å². The van der Waals surface area contributed by atoms with E-state index in [9.17, 15) is 9.90 Å². The first kappa shape index (κ1) is 21.7. The van der Waals surface area contributed by atoms with Gasteiger partial charge in [0.15, 0.2) is 5.69 Å². The number of carbonyl (C=O) groups is 1. The lowest BCUT2D eigenvalue weighted by atomic mass is 10.0. The van der Waals surface area contributed by atoms with Gasteiger partial charge in [-0.05, 0) is 61.0 Å². The van der Waals surface area contributed by atoms with Crippen LogP contribution in [0.25, 0.3) is 4.85 Å². The molecule has 2 atom stereocenters. The summed E-state index contributed by atoms with van der Waals surface area (Å²) < 4.78 is 0. The van der Waals surface area contributed by atoms with E-state index in [2.05, 4.69) is 10.2 Å². The van der Waals surface area contributed by atoms with Gasteiger partial charge in [0, 0.05) is 21.4 Å². The molecular weight excluding hydrogens is 421 g/mol. The second kappa shape index (κ2) is 9.64. The van der Waals surface area contributed by atoms with Crippen molar-refractivity contribution in [3.8, 4) is 0 Å². The van der Waals surface area contributed by atoms with E-state index in [4.69, 9.17) is 29.8 Å². The van der Waals surface area contributed by atoms with Crippen LogP contribution in [0.2, 0.25) is 10.0 Å². The standard InChI is InChI=1S/C23H19Cl2N3O2/c1-15(22(29)16-4-3-5-20(14-16)26-2)28(21-12-8-18(25)9-13-21)23(30)27-19-10-6-17(24)7-11-19/h3-15,22,29H,1H3,(H,27,30). The first-order valence-corrected chi connectivity index (χ1v) is 9.91. The molecule has 0 saturated carbocycles. The Kier molecular flexibility index (Phi) is 6.96. The number of aliphatic hydroxyl groups is 1. The van der Waals surface area contributed by atoms with Crippen LogP contribution in [0.1, 0.15) is 18.6 Å². The largest absolute Gasteiger partial charge is 0.386 e. The van der Waals surface area contributed by atoms with Crippen molar-refractivity contribution in [2.24, 2.45) is 0 Å². The minimum atomic E-state index is -1.02. The Balaban J connectivity index is 1.93. The third-order valence-electron chi connectivity index (χ3n) is 4.62. The number of anilines is 2. The third-order valence-corrected chi connectivity index (χ3v) is 5.13. The Morgan fingerprint density at radius 3 is 2.23 bits per heavy atom. The van der Waals surface area contributed by atoms with Crippen molar-refractivity contribution in [3.05, 3.63) is 99.8 Å². The lowest BCUT2D eigenvalue weighted by Gasteiger charge is -2.33. The number of urea groups is 1. The zero-order valence-electron chi connectivity index (χ0n) is 16.1. The van der Waals surface area contributed by atoms with Gasteiger partial charge >= 0.3 is 6.03 Å². The summed E-state index contributed by atoms with van der Waals surface area (Å²) in [5, 5.41) is 14.9. The van der Waals surface area contributed by atoms with Crippen molar-refractivity contribution in [3.63, 3.8) is 0 Å². The van der Waals surface area contributed by atoms with Gasteiger partial charge in [-0.15, -0.1) is 0 Å². The molecule has 0 radical (unpaired) electrons. The highest BCUT2D eigenvalue weighted by atomic mass is 35.5. The number of benzene rings is 3. The Morgan fingerprint density at radius 2 is 1.63 bits per heavy atom. The van der Waals surface area contributed by atoms with Gasteiger partial charge in [-0.2, -0.15) is 0 Å². The Labute approximate surface area is 185 Å². The topological polar surface area (TPSA) is 56.9 Å². The van der Waals surface area contributed by atoms with E-state index in [1.54, 1.807) is 79.7 Å². The summed E-state index contributed by atoms with van der Waals surface area (Å²) in [5.74, 6) is 0. The Hall–Kier alpha value is -3.04. The fraction of sp³-hybridized carbons (Fsp3) is 0.130. The number of nitrogens with one attached hydrogen (secondary N) is 1. The minimum absolute atomic E-state index is 0.419. The van der Waals surface area contributed by atoms with E-state index in [1.165, 1.54) is 4.90 Å². The molecular formula is C23H19Cl2N3O2. The van der Waals surface area contributed by atoms with E-state index >= 15 is 0 Å². The van der Waals surface area contributed by atoms with Gasteiger partial charge in [0.05, 0.1) is 18.7 Å². The second-order valence-electron chi connectivity index (χ2n) is 6.68. The summed E-state index contributed by atoms with van der Waals surface area (Å²) in [6, 6.07) is 19.2. The minimum Gasteiger partial charge on any atom is -0.386 e. The maximum atomic E-state index is 13.2. The number of amides is 2. The molecule has 3 aromatic rings. The van der Waals surface area contributed by atoms with Gasteiger partial charge in [0.2, 0.25) is 0 Å². The first-order chi connectivity index (χ1) is 14.4. The number of hydrogen-bond acceptors (Lipinski definition) is 2. The van der Waals surface area contributed by atoms with Crippen molar-refractivity contribution in [1.29, 1.82) is 0 Å². The molecule has 0 aliphatic heterocycles. The predicted molar refractivity (Wildman–Crippen MR) is 122 cm³/mol. The summed E-state index contributed by atoms with van der Waals surface area (Å²) in [6.45, 7) is 8.92. The van der Waals surface area contributed by atoms with E-state index in [0.29, 0.717) is 32.7 Å². The number of rotatable bonds is 5. The molecule has 7 heteroatoms. The van der Waals surface area contributed by atoms with Crippen LogP contribution >= 0.6 is 23.2 Å². The monoisotopic (exact) mass is 439 g/mol. The number of halogens is 2. The summed E-state index contributed by atoms with van der Waals surface area (Å²) in [6.07, 6.45) is -1.02. The van der Waals surface area contributed by atoms with Crippen LogP contribution in [0.4, 0.5) is 21.9 Å². The second-order valence-corrected chi connectivity index (χ2v) is 7.55. The van der Waals surface area contributed by atoms with Crippen molar-refractivity contribution in [2.45, 2.75) is 19.1 Å². The summed E-state index contributed by atoms with van der Waals surface area (Å²) in [4.78, 5) is 18.0.